The first-order chi connectivity index (χ1) is 15.6. The van der Waals surface area contributed by atoms with Crippen LogP contribution in [0.15, 0.2) is 71.3 Å². The summed E-state index contributed by atoms with van der Waals surface area (Å²) >= 11 is 0. The van der Waals surface area contributed by atoms with Crippen LogP contribution in [-0.2, 0) is 9.59 Å². The molecule has 1 aromatic heterocycles. The van der Waals surface area contributed by atoms with E-state index in [1.54, 1.807) is 59.5 Å². The minimum absolute atomic E-state index is 0.0991. The second-order valence-corrected chi connectivity index (χ2v) is 7.35. The molecule has 0 atom stereocenters. The Kier molecular flexibility index (Phi) is 6.50. The molecule has 1 saturated heterocycles. The van der Waals surface area contributed by atoms with E-state index in [2.05, 4.69) is 10.6 Å². The van der Waals surface area contributed by atoms with Crippen molar-refractivity contribution in [2.75, 3.05) is 28.7 Å². The van der Waals surface area contributed by atoms with Crippen molar-refractivity contribution in [2.45, 2.75) is 19.3 Å². The van der Waals surface area contributed by atoms with Crippen LogP contribution >= 0.6 is 0 Å². The largest absolute Gasteiger partial charge is 0.484 e. The van der Waals surface area contributed by atoms with E-state index in [0.29, 0.717) is 30.1 Å². The molecule has 0 spiro atoms. The molecule has 0 bridgehead atoms. The molecule has 0 unspecified atom stereocenters. The number of hydrogen-bond acceptors (Lipinski definition) is 5. The molecule has 1 aliphatic rings. The van der Waals surface area contributed by atoms with Crippen molar-refractivity contribution in [3.8, 4) is 5.75 Å². The summed E-state index contributed by atoms with van der Waals surface area (Å²) in [5.74, 6) is 0.0189. The number of ether oxygens (including phenoxy) is 1. The lowest BCUT2D eigenvalue weighted by molar-refractivity contribution is -0.119. The number of benzene rings is 2. The van der Waals surface area contributed by atoms with Gasteiger partial charge in [0, 0.05) is 36.1 Å². The van der Waals surface area contributed by atoms with Crippen LogP contribution in [-0.4, -0.2) is 30.9 Å². The molecule has 0 aliphatic carbocycles. The van der Waals surface area contributed by atoms with Crippen molar-refractivity contribution < 1.29 is 23.5 Å². The molecule has 8 heteroatoms. The first-order valence-corrected chi connectivity index (χ1v) is 10.4. The molecule has 1 fully saturated rings. The van der Waals surface area contributed by atoms with Crippen molar-refractivity contribution in [3.63, 3.8) is 0 Å². The van der Waals surface area contributed by atoms with Gasteiger partial charge in [-0.05, 0) is 55.3 Å². The number of nitrogens with zero attached hydrogens (tertiary/aromatic N) is 1. The molecule has 3 aromatic rings. The summed E-state index contributed by atoms with van der Waals surface area (Å²) in [6, 6.07) is 17.1. The summed E-state index contributed by atoms with van der Waals surface area (Å²) in [7, 11) is 0. The zero-order valence-corrected chi connectivity index (χ0v) is 17.4. The van der Waals surface area contributed by atoms with Crippen LogP contribution in [0.4, 0.5) is 17.1 Å². The van der Waals surface area contributed by atoms with Gasteiger partial charge in [0.2, 0.25) is 5.91 Å². The van der Waals surface area contributed by atoms with Crippen LogP contribution in [0, 0.1) is 0 Å². The second-order valence-electron chi connectivity index (χ2n) is 7.35. The molecule has 32 heavy (non-hydrogen) atoms. The van der Waals surface area contributed by atoms with Crippen LogP contribution in [0.2, 0.25) is 0 Å². The summed E-state index contributed by atoms with van der Waals surface area (Å²) in [4.78, 5) is 38.3. The normalized spacial score (nSPS) is 13.5. The van der Waals surface area contributed by atoms with Gasteiger partial charge in [-0.15, -0.1) is 0 Å². The fourth-order valence-electron chi connectivity index (χ4n) is 3.44. The Bertz CT molecular complexity index is 1110. The van der Waals surface area contributed by atoms with Gasteiger partial charge in [0.15, 0.2) is 12.4 Å². The molecule has 4 rings (SSSR count). The average molecular weight is 433 g/mol. The number of anilines is 3. The highest BCUT2D eigenvalue weighted by atomic mass is 16.5. The number of nitrogens with one attached hydrogen (secondary N) is 2. The Balaban J connectivity index is 1.32. The molecule has 0 saturated carbocycles. The number of rotatable bonds is 7. The molecular formula is C24H23N3O5. The molecule has 2 heterocycles. The third kappa shape index (κ3) is 5.34. The van der Waals surface area contributed by atoms with Crippen LogP contribution in [0.5, 0.6) is 5.75 Å². The predicted octanol–water partition coefficient (Wildman–Crippen LogP) is 4.07. The van der Waals surface area contributed by atoms with Gasteiger partial charge in [0.1, 0.15) is 5.75 Å². The Morgan fingerprint density at radius 1 is 0.969 bits per heavy atom. The Hall–Kier alpha value is -4.07. The van der Waals surface area contributed by atoms with Gasteiger partial charge < -0.3 is 24.7 Å². The van der Waals surface area contributed by atoms with Crippen molar-refractivity contribution in [1.29, 1.82) is 0 Å². The Morgan fingerprint density at radius 2 is 1.78 bits per heavy atom. The second kappa shape index (κ2) is 9.82. The van der Waals surface area contributed by atoms with Gasteiger partial charge in [0.05, 0.1) is 6.26 Å². The highest BCUT2D eigenvalue weighted by Gasteiger charge is 2.19. The molecule has 1 aliphatic heterocycles. The highest BCUT2D eigenvalue weighted by molar-refractivity contribution is 6.02. The number of carbonyl (C=O) groups is 3. The Morgan fingerprint density at radius 3 is 2.56 bits per heavy atom. The maximum absolute atomic E-state index is 12.4. The maximum Gasteiger partial charge on any atom is 0.291 e. The molecule has 3 amide bonds. The molecule has 8 nitrogen and oxygen atoms in total. The van der Waals surface area contributed by atoms with Gasteiger partial charge in [-0.2, -0.15) is 0 Å². The standard InChI is InChI=1S/C24H23N3O5/c28-22(25-17-6-3-8-19(14-17)27-12-2-1-11-23(27)29)16-32-20-9-4-7-18(15-20)26-24(30)21-10-5-13-31-21/h3-10,13-15H,1-2,11-12,16H2,(H,25,28)(H,26,30). The van der Waals surface area contributed by atoms with Gasteiger partial charge >= 0.3 is 0 Å². The van der Waals surface area contributed by atoms with E-state index in [1.807, 2.05) is 6.07 Å². The average Bonchev–Trinajstić information content (AvgIpc) is 3.34. The van der Waals surface area contributed by atoms with Crippen molar-refractivity contribution in [1.82, 2.24) is 0 Å². The molecule has 2 aromatic carbocycles. The number of hydrogen-bond donors (Lipinski definition) is 2. The van der Waals surface area contributed by atoms with Crippen LogP contribution < -0.4 is 20.3 Å². The lowest BCUT2D eigenvalue weighted by Crippen LogP contribution is -2.35. The SMILES string of the molecule is O=C(COc1cccc(NC(=O)c2ccco2)c1)Nc1cccc(N2CCCCC2=O)c1. The summed E-state index contributed by atoms with van der Waals surface area (Å²) in [5, 5.41) is 5.50. The zero-order chi connectivity index (χ0) is 22.3. The summed E-state index contributed by atoms with van der Waals surface area (Å²) < 4.78 is 10.6. The summed E-state index contributed by atoms with van der Waals surface area (Å²) in [6.07, 6.45) is 3.85. The first-order valence-electron chi connectivity index (χ1n) is 10.4. The minimum Gasteiger partial charge on any atom is -0.484 e. The zero-order valence-electron chi connectivity index (χ0n) is 17.4. The number of piperidine rings is 1. The summed E-state index contributed by atoms with van der Waals surface area (Å²) in [6.45, 7) is 0.481. The van der Waals surface area contributed by atoms with Crippen LogP contribution in [0.25, 0.3) is 0 Å². The van der Waals surface area contributed by atoms with Gasteiger partial charge in [-0.1, -0.05) is 12.1 Å². The van der Waals surface area contributed by atoms with Crippen molar-refractivity contribution in [2.24, 2.45) is 0 Å². The molecule has 0 radical (unpaired) electrons. The number of carbonyl (C=O) groups excluding carboxylic acids is 3. The minimum atomic E-state index is -0.378. The quantitative estimate of drug-likeness (QED) is 0.585. The number of furan rings is 1. The maximum atomic E-state index is 12.4. The monoisotopic (exact) mass is 433 g/mol. The number of amides is 3. The molecule has 164 valence electrons. The van der Waals surface area contributed by atoms with E-state index in [1.165, 1.54) is 6.26 Å². The fraction of sp³-hybridized carbons (Fsp3) is 0.208. The lowest BCUT2D eigenvalue weighted by Gasteiger charge is -2.27. The van der Waals surface area contributed by atoms with E-state index >= 15 is 0 Å². The molecular weight excluding hydrogens is 410 g/mol. The summed E-state index contributed by atoms with van der Waals surface area (Å²) in [5.41, 5.74) is 1.88. The lowest BCUT2D eigenvalue weighted by atomic mass is 10.1. The predicted molar refractivity (Wildman–Crippen MR) is 120 cm³/mol. The van der Waals surface area contributed by atoms with Crippen LogP contribution in [0.3, 0.4) is 0 Å². The van der Waals surface area contributed by atoms with Gasteiger partial charge in [-0.25, -0.2) is 0 Å². The Labute approximate surface area is 185 Å². The fourth-order valence-corrected chi connectivity index (χ4v) is 3.44. The smallest absolute Gasteiger partial charge is 0.291 e. The van der Waals surface area contributed by atoms with E-state index in [4.69, 9.17) is 9.15 Å². The highest BCUT2D eigenvalue weighted by Crippen LogP contribution is 2.24. The van der Waals surface area contributed by atoms with Crippen LogP contribution in [0.1, 0.15) is 29.8 Å². The van der Waals surface area contributed by atoms with E-state index in [9.17, 15) is 14.4 Å². The topological polar surface area (TPSA) is 101 Å². The molecule has 2 N–H and O–H groups in total. The third-order valence-electron chi connectivity index (χ3n) is 4.97. The third-order valence-corrected chi connectivity index (χ3v) is 4.97. The van der Waals surface area contributed by atoms with Crippen molar-refractivity contribution >= 4 is 34.8 Å². The first kappa shape index (κ1) is 21.2. The van der Waals surface area contributed by atoms with Crippen molar-refractivity contribution in [3.05, 3.63) is 72.7 Å². The van der Waals surface area contributed by atoms with E-state index in [0.717, 1.165) is 18.5 Å². The van der Waals surface area contributed by atoms with E-state index in [-0.39, 0.29) is 30.1 Å². The van der Waals surface area contributed by atoms with Gasteiger partial charge in [-0.3, -0.25) is 14.4 Å². The van der Waals surface area contributed by atoms with Gasteiger partial charge in [0.25, 0.3) is 11.8 Å². The van der Waals surface area contributed by atoms with E-state index < -0.39 is 0 Å².